The third-order valence-corrected chi connectivity index (χ3v) is 17.0. The van der Waals surface area contributed by atoms with Crippen LogP contribution in [0.1, 0.15) is 106 Å². The standard InChI is InChI=1S/C41H66O13/c1-36(2)13-15-41(35(49)50)16-14-39(5)21(22(41)17-36)7-8-26-37(3)11-10-27(38(4,20-43)25(37)9-12-40(26,39)6)53-34-32(28(45)23(44)19-51-34)54-33-31(48)30(47)29(46)24(18-42)52-33/h7,22-34,42-48H,8-20H2,1-6H3,(H,49,50)/t22-,23-,24+,25-,26+,27+,28-,29+,30-,31+,32+,33-,34+,37+,38-,39+,40-,41-/m1/s1. The maximum atomic E-state index is 13.0. The van der Waals surface area contributed by atoms with Crippen molar-refractivity contribution in [2.45, 2.75) is 167 Å². The summed E-state index contributed by atoms with van der Waals surface area (Å²) in [4.78, 5) is 13.0. The molecule has 6 fully saturated rings. The number of ether oxygens (including phenoxy) is 4. The lowest BCUT2D eigenvalue weighted by molar-refractivity contribution is -0.368. The zero-order valence-electron chi connectivity index (χ0n) is 32.9. The molecule has 7 rings (SSSR count). The van der Waals surface area contributed by atoms with Crippen LogP contribution in [0, 0.1) is 50.2 Å². The molecule has 2 heterocycles. The topological polar surface area (TPSA) is 216 Å². The van der Waals surface area contributed by atoms with E-state index in [-0.39, 0.29) is 46.7 Å². The Morgan fingerprint density at radius 2 is 1.52 bits per heavy atom. The van der Waals surface area contributed by atoms with Crippen LogP contribution in [0.3, 0.4) is 0 Å². The van der Waals surface area contributed by atoms with Crippen molar-refractivity contribution in [3.63, 3.8) is 0 Å². The normalized spacial score (nSPS) is 54.3. The van der Waals surface area contributed by atoms with Crippen LogP contribution in [-0.4, -0.2) is 128 Å². The summed E-state index contributed by atoms with van der Waals surface area (Å²) in [5.74, 6) is -0.265. The Bertz CT molecular complexity index is 1450. The summed E-state index contributed by atoms with van der Waals surface area (Å²) >= 11 is 0. The Balaban J connectivity index is 1.15. The largest absolute Gasteiger partial charge is 0.481 e. The lowest BCUT2D eigenvalue weighted by Gasteiger charge is -2.71. The van der Waals surface area contributed by atoms with Gasteiger partial charge in [-0.15, -0.1) is 0 Å². The molecule has 13 heteroatoms. The van der Waals surface area contributed by atoms with Crippen LogP contribution in [-0.2, 0) is 23.7 Å². The molecule has 8 N–H and O–H groups in total. The Labute approximate surface area is 319 Å². The highest BCUT2D eigenvalue weighted by Gasteiger charge is 2.70. The van der Waals surface area contributed by atoms with Crippen molar-refractivity contribution in [2.24, 2.45) is 50.2 Å². The summed E-state index contributed by atoms with van der Waals surface area (Å²) in [6, 6.07) is 0. The maximum absolute atomic E-state index is 13.0. The Morgan fingerprint density at radius 3 is 2.19 bits per heavy atom. The number of carbonyl (C=O) groups is 1. The minimum absolute atomic E-state index is 0.0233. The van der Waals surface area contributed by atoms with E-state index in [4.69, 9.17) is 18.9 Å². The maximum Gasteiger partial charge on any atom is 0.310 e. The number of aliphatic hydroxyl groups is 7. The smallest absolute Gasteiger partial charge is 0.310 e. The minimum Gasteiger partial charge on any atom is -0.481 e. The van der Waals surface area contributed by atoms with E-state index in [0.717, 1.165) is 51.4 Å². The zero-order valence-corrected chi connectivity index (χ0v) is 32.9. The van der Waals surface area contributed by atoms with Gasteiger partial charge < -0.3 is 59.8 Å². The van der Waals surface area contributed by atoms with Crippen molar-refractivity contribution >= 4 is 5.97 Å². The summed E-state index contributed by atoms with van der Waals surface area (Å²) in [6.07, 6.45) is -3.32. The summed E-state index contributed by atoms with van der Waals surface area (Å²) in [6.45, 7) is 12.8. The fourth-order valence-corrected chi connectivity index (χ4v) is 13.4. The molecule has 5 aliphatic carbocycles. The van der Waals surface area contributed by atoms with Gasteiger partial charge in [-0.1, -0.05) is 53.2 Å². The Morgan fingerprint density at radius 1 is 0.815 bits per heavy atom. The van der Waals surface area contributed by atoms with E-state index in [1.54, 1.807) is 0 Å². The molecule has 308 valence electrons. The van der Waals surface area contributed by atoms with E-state index >= 15 is 0 Å². The van der Waals surface area contributed by atoms with Crippen molar-refractivity contribution in [3.05, 3.63) is 11.6 Å². The number of carboxylic acid groups (broad SMARTS) is 1. The molecule has 0 aromatic heterocycles. The number of fused-ring (bicyclic) bond motifs is 7. The van der Waals surface area contributed by atoms with Crippen molar-refractivity contribution < 1.29 is 64.6 Å². The zero-order chi connectivity index (χ0) is 39.4. The second-order valence-corrected chi connectivity index (χ2v) is 20.1. The van der Waals surface area contributed by atoms with Gasteiger partial charge in [0.1, 0.15) is 42.7 Å². The summed E-state index contributed by atoms with van der Waals surface area (Å²) in [5, 5.41) is 84.7. The van der Waals surface area contributed by atoms with Gasteiger partial charge >= 0.3 is 5.97 Å². The van der Waals surface area contributed by atoms with Crippen LogP contribution < -0.4 is 0 Å². The van der Waals surface area contributed by atoms with Gasteiger partial charge in [0.15, 0.2) is 12.6 Å². The third kappa shape index (κ3) is 5.92. The molecule has 4 saturated carbocycles. The van der Waals surface area contributed by atoms with Crippen molar-refractivity contribution in [1.29, 1.82) is 0 Å². The predicted molar refractivity (Wildman–Crippen MR) is 193 cm³/mol. The third-order valence-electron chi connectivity index (χ3n) is 17.0. The van der Waals surface area contributed by atoms with Crippen LogP contribution in [0.4, 0.5) is 0 Å². The molecule has 2 saturated heterocycles. The molecule has 0 unspecified atom stereocenters. The van der Waals surface area contributed by atoms with Gasteiger partial charge in [0.25, 0.3) is 0 Å². The average Bonchev–Trinajstić information content (AvgIpc) is 3.12. The van der Waals surface area contributed by atoms with Crippen LogP contribution in [0.15, 0.2) is 11.6 Å². The SMILES string of the molecule is CC1(C)CC[C@@]2(C(=O)O)CC[C@@]3(C)C(=CC[C@H]4[C@@]5(C)CC[C@H](O[C@@H]6OC[C@@H](O)[C@@H](O)[C@@H]6O[C@H]6O[C@@H](CO)[C@H](O)[C@@H](O)[C@@H]6O)[C@](C)(CO)[C@@H]5CC[C@]43C)[C@H]2C1. The van der Waals surface area contributed by atoms with E-state index in [1.165, 1.54) is 5.57 Å². The fourth-order valence-electron chi connectivity index (χ4n) is 13.4. The lowest BCUT2D eigenvalue weighted by Crippen LogP contribution is -2.67. The van der Waals surface area contributed by atoms with Crippen LogP contribution in [0.2, 0.25) is 0 Å². The number of hydrogen-bond donors (Lipinski definition) is 8. The first-order valence-corrected chi connectivity index (χ1v) is 20.4. The van der Waals surface area contributed by atoms with Crippen molar-refractivity contribution in [3.8, 4) is 0 Å². The molecule has 0 amide bonds. The van der Waals surface area contributed by atoms with Gasteiger partial charge in [0, 0.05) is 5.41 Å². The number of aliphatic carboxylic acids is 1. The van der Waals surface area contributed by atoms with Crippen LogP contribution in [0.25, 0.3) is 0 Å². The quantitative estimate of drug-likeness (QED) is 0.138. The van der Waals surface area contributed by atoms with E-state index in [1.807, 2.05) is 0 Å². The van der Waals surface area contributed by atoms with Gasteiger partial charge in [-0.25, -0.2) is 0 Å². The number of allylic oxidation sites excluding steroid dienone is 2. The molecule has 54 heavy (non-hydrogen) atoms. The summed E-state index contributed by atoms with van der Waals surface area (Å²) in [7, 11) is 0. The van der Waals surface area contributed by atoms with Gasteiger partial charge in [0.2, 0.25) is 0 Å². The second-order valence-electron chi connectivity index (χ2n) is 20.1. The number of aliphatic hydroxyl groups excluding tert-OH is 7. The summed E-state index contributed by atoms with van der Waals surface area (Å²) in [5.41, 5.74) is -0.367. The second kappa shape index (κ2) is 14.0. The molecule has 0 aromatic carbocycles. The summed E-state index contributed by atoms with van der Waals surface area (Å²) < 4.78 is 24.1. The number of rotatable bonds is 7. The van der Waals surface area contributed by atoms with Crippen molar-refractivity contribution in [2.75, 3.05) is 19.8 Å². The monoisotopic (exact) mass is 766 g/mol. The molecule has 0 bridgehead atoms. The van der Waals surface area contributed by atoms with E-state index in [2.05, 4.69) is 47.6 Å². The first-order chi connectivity index (χ1) is 25.2. The van der Waals surface area contributed by atoms with Gasteiger partial charge in [-0.05, 0) is 104 Å². The average molecular weight is 767 g/mol. The highest BCUT2D eigenvalue weighted by Crippen LogP contribution is 2.76. The fraction of sp³-hybridized carbons (Fsp3) is 0.927. The first kappa shape index (κ1) is 40.9. The van der Waals surface area contributed by atoms with Gasteiger partial charge in [-0.3, -0.25) is 4.79 Å². The minimum atomic E-state index is -1.73. The van der Waals surface area contributed by atoms with E-state index in [9.17, 15) is 45.6 Å². The Kier molecular flexibility index (Phi) is 10.6. The highest BCUT2D eigenvalue weighted by molar-refractivity contribution is 5.76. The molecular weight excluding hydrogens is 700 g/mol. The van der Waals surface area contributed by atoms with Gasteiger partial charge in [-0.2, -0.15) is 0 Å². The molecule has 13 nitrogen and oxygen atoms in total. The van der Waals surface area contributed by atoms with E-state index < -0.39 is 84.8 Å². The first-order valence-electron chi connectivity index (χ1n) is 20.4. The molecule has 0 spiro atoms. The molecule has 0 radical (unpaired) electrons. The molecule has 18 atom stereocenters. The molecule has 2 aliphatic heterocycles. The number of carboxylic acids is 1. The van der Waals surface area contributed by atoms with Crippen LogP contribution in [0.5, 0.6) is 0 Å². The predicted octanol–water partition coefficient (Wildman–Crippen LogP) is 2.49. The highest BCUT2D eigenvalue weighted by atomic mass is 16.8. The van der Waals surface area contributed by atoms with E-state index in [0.29, 0.717) is 18.8 Å². The molecule has 7 aliphatic rings. The van der Waals surface area contributed by atoms with Crippen molar-refractivity contribution in [1.82, 2.24) is 0 Å². The number of hydrogen-bond acceptors (Lipinski definition) is 12. The van der Waals surface area contributed by atoms with Crippen LogP contribution >= 0.6 is 0 Å². The molecular formula is C41H66O13. The Hall–Kier alpha value is -1.23. The molecule has 0 aromatic rings. The lowest BCUT2D eigenvalue weighted by atomic mass is 9.33. The van der Waals surface area contributed by atoms with Gasteiger partial charge in [0.05, 0.1) is 31.3 Å².